The van der Waals surface area contributed by atoms with E-state index in [-0.39, 0.29) is 42.3 Å². The van der Waals surface area contributed by atoms with Gasteiger partial charge in [-0.3, -0.25) is 9.78 Å². The van der Waals surface area contributed by atoms with Gasteiger partial charge in [0.15, 0.2) is 5.78 Å². The molecule has 4 rings (SSSR count). The lowest BCUT2D eigenvalue weighted by Gasteiger charge is -2.36. The second kappa shape index (κ2) is 10.8. The summed E-state index contributed by atoms with van der Waals surface area (Å²) in [6, 6.07) is 5.52. The quantitative estimate of drug-likeness (QED) is 0.462. The third-order valence-electron chi connectivity index (χ3n) is 6.66. The number of hydrogen-bond donors (Lipinski definition) is 2. The van der Waals surface area contributed by atoms with Crippen molar-refractivity contribution in [1.82, 2.24) is 9.97 Å². The summed E-state index contributed by atoms with van der Waals surface area (Å²) in [6.07, 6.45) is 3.82. The zero-order chi connectivity index (χ0) is 26.0. The molecule has 1 aliphatic carbocycles. The Bertz CT molecular complexity index is 1240. The maximum absolute atomic E-state index is 14.7. The van der Waals surface area contributed by atoms with E-state index in [2.05, 4.69) is 9.97 Å². The molecule has 2 aromatic heterocycles. The molecule has 0 amide bonds. The van der Waals surface area contributed by atoms with Gasteiger partial charge in [-0.2, -0.15) is 0 Å². The van der Waals surface area contributed by atoms with Crippen LogP contribution >= 0.6 is 0 Å². The van der Waals surface area contributed by atoms with Crippen molar-refractivity contribution in [3.8, 4) is 17.0 Å². The van der Waals surface area contributed by atoms with Crippen molar-refractivity contribution in [2.24, 2.45) is 11.7 Å². The molecule has 2 heterocycles. The molecular weight excluding hydrogens is 471 g/mol. The molecule has 3 aromatic rings. The fourth-order valence-corrected chi connectivity index (χ4v) is 4.87. The van der Waals surface area contributed by atoms with Gasteiger partial charge in [-0.25, -0.2) is 18.2 Å². The molecular formula is C27H28F3N3O3. The monoisotopic (exact) mass is 499 g/mol. The molecule has 1 fully saturated rings. The van der Waals surface area contributed by atoms with Gasteiger partial charge in [0.05, 0.1) is 18.3 Å². The highest BCUT2D eigenvalue weighted by molar-refractivity contribution is 5.96. The minimum Gasteiger partial charge on any atom is -0.494 e. The summed E-state index contributed by atoms with van der Waals surface area (Å²) in [7, 11) is 0. The number of nitrogens with two attached hydrogens (primary N) is 1. The van der Waals surface area contributed by atoms with Gasteiger partial charge in [-0.05, 0) is 60.9 Å². The van der Waals surface area contributed by atoms with Crippen LogP contribution in [0.25, 0.3) is 11.3 Å². The zero-order valence-electron chi connectivity index (χ0n) is 20.0. The van der Waals surface area contributed by atoms with Crippen LogP contribution in [-0.4, -0.2) is 39.6 Å². The minimum absolute atomic E-state index is 0.00398. The number of pyridine rings is 2. The maximum Gasteiger partial charge on any atom is 0.185 e. The van der Waals surface area contributed by atoms with Crippen molar-refractivity contribution in [3.05, 3.63) is 77.0 Å². The number of ketones is 1. The second-order valence-electron chi connectivity index (χ2n) is 9.20. The first-order valence-corrected chi connectivity index (χ1v) is 11.9. The van der Waals surface area contributed by atoms with Crippen molar-refractivity contribution in [2.75, 3.05) is 6.61 Å². The Balaban J connectivity index is 1.63. The average molecular weight is 500 g/mol. The van der Waals surface area contributed by atoms with Gasteiger partial charge in [0.25, 0.3) is 0 Å². The summed E-state index contributed by atoms with van der Waals surface area (Å²) in [5.74, 6) is -3.51. The zero-order valence-corrected chi connectivity index (χ0v) is 20.0. The van der Waals surface area contributed by atoms with Crippen LogP contribution in [0.4, 0.5) is 13.2 Å². The molecule has 36 heavy (non-hydrogen) atoms. The number of ether oxygens (including phenoxy) is 1. The largest absolute Gasteiger partial charge is 0.494 e. The van der Waals surface area contributed by atoms with Crippen LogP contribution in [0.2, 0.25) is 0 Å². The van der Waals surface area contributed by atoms with E-state index in [0.717, 1.165) is 23.8 Å². The number of carbonyl (C=O) groups is 1. The highest BCUT2D eigenvalue weighted by atomic mass is 19.1. The summed E-state index contributed by atoms with van der Waals surface area (Å²) in [6.45, 7) is 3.81. The topological polar surface area (TPSA) is 98.3 Å². The number of hydrogen-bond acceptors (Lipinski definition) is 6. The molecule has 190 valence electrons. The van der Waals surface area contributed by atoms with E-state index >= 15 is 0 Å². The summed E-state index contributed by atoms with van der Waals surface area (Å²) < 4.78 is 49.1. The molecule has 0 unspecified atom stereocenters. The molecule has 6 nitrogen and oxygen atoms in total. The normalized spacial score (nSPS) is 21.9. The third-order valence-corrected chi connectivity index (χ3v) is 6.66. The van der Waals surface area contributed by atoms with Crippen LogP contribution in [0, 0.1) is 23.4 Å². The molecule has 9 heteroatoms. The lowest BCUT2D eigenvalue weighted by Crippen LogP contribution is -2.44. The lowest BCUT2D eigenvalue weighted by atomic mass is 9.74. The van der Waals surface area contributed by atoms with E-state index in [9.17, 15) is 23.1 Å². The summed E-state index contributed by atoms with van der Waals surface area (Å²) in [5.41, 5.74) is 6.30. The van der Waals surface area contributed by atoms with Gasteiger partial charge >= 0.3 is 0 Å². The molecule has 0 bridgehead atoms. The number of aliphatic hydroxyl groups is 1. The standard InChI is InChI=1S/C27H28F3N3O3/c1-3-36-17-11-20(29)25(21(30)12-17)26-19(28)4-5-23(33-26)24(34)10-16-13-32-7-6-18(16)15-8-14(2)27(35)22(31)9-15/h4-7,11-15,22,27,35H,3,8-10,31H2,1-2H3/t14-,15+,22+,27+/m0/s1. The van der Waals surface area contributed by atoms with Crippen molar-refractivity contribution < 1.29 is 27.8 Å². The van der Waals surface area contributed by atoms with E-state index in [4.69, 9.17) is 10.5 Å². The second-order valence-corrected chi connectivity index (χ2v) is 9.20. The Morgan fingerprint density at radius 1 is 1.14 bits per heavy atom. The van der Waals surface area contributed by atoms with Gasteiger partial charge in [0.1, 0.15) is 34.6 Å². The van der Waals surface area contributed by atoms with Crippen LogP contribution in [0.5, 0.6) is 5.75 Å². The van der Waals surface area contributed by atoms with Crippen molar-refractivity contribution in [2.45, 2.75) is 51.2 Å². The summed E-state index contributed by atoms with van der Waals surface area (Å²) in [4.78, 5) is 21.3. The molecule has 0 spiro atoms. The fourth-order valence-electron chi connectivity index (χ4n) is 4.87. The molecule has 0 radical (unpaired) electrons. The van der Waals surface area contributed by atoms with Gasteiger partial charge in [0.2, 0.25) is 0 Å². The van der Waals surface area contributed by atoms with E-state index in [1.165, 1.54) is 6.07 Å². The smallest absolute Gasteiger partial charge is 0.185 e. The Kier molecular flexibility index (Phi) is 7.70. The Morgan fingerprint density at radius 3 is 2.53 bits per heavy atom. The average Bonchev–Trinajstić information content (AvgIpc) is 2.83. The summed E-state index contributed by atoms with van der Waals surface area (Å²) in [5, 5.41) is 10.2. The Labute approximate surface area is 207 Å². The number of Topliss-reactive ketones (excluding diaryl/α,β-unsaturated/α-hetero) is 1. The SMILES string of the molecule is CCOc1cc(F)c(-c2nc(C(=O)Cc3cnccc3[C@H]3C[C@@H](N)[C@H](O)[C@@H](C)C3)ccc2F)c(F)c1. The van der Waals surface area contributed by atoms with E-state index < -0.39 is 40.6 Å². The van der Waals surface area contributed by atoms with Crippen LogP contribution in [0.3, 0.4) is 0 Å². The maximum atomic E-state index is 14.7. The lowest BCUT2D eigenvalue weighted by molar-refractivity contribution is 0.0519. The Hall–Kier alpha value is -3.30. The number of benzene rings is 1. The van der Waals surface area contributed by atoms with E-state index in [1.54, 1.807) is 19.3 Å². The number of rotatable bonds is 7. The Morgan fingerprint density at radius 2 is 1.86 bits per heavy atom. The van der Waals surface area contributed by atoms with Gasteiger partial charge < -0.3 is 15.6 Å². The van der Waals surface area contributed by atoms with Gasteiger partial charge in [-0.1, -0.05) is 6.92 Å². The molecule has 0 saturated heterocycles. The highest BCUT2D eigenvalue weighted by Crippen LogP contribution is 2.37. The van der Waals surface area contributed by atoms with E-state index in [0.29, 0.717) is 18.4 Å². The number of halogens is 3. The van der Waals surface area contributed by atoms with Gasteiger partial charge in [0, 0.05) is 37.0 Å². The van der Waals surface area contributed by atoms with Crippen LogP contribution in [-0.2, 0) is 6.42 Å². The predicted molar refractivity (Wildman–Crippen MR) is 128 cm³/mol. The molecule has 3 N–H and O–H groups in total. The van der Waals surface area contributed by atoms with Crippen molar-refractivity contribution in [1.29, 1.82) is 0 Å². The number of carbonyl (C=O) groups excluding carboxylic acids is 1. The van der Waals surface area contributed by atoms with Gasteiger partial charge in [-0.15, -0.1) is 0 Å². The third kappa shape index (κ3) is 5.27. The van der Waals surface area contributed by atoms with Crippen LogP contribution < -0.4 is 10.5 Å². The van der Waals surface area contributed by atoms with Crippen molar-refractivity contribution >= 4 is 5.78 Å². The molecule has 1 saturated carbocycles. The molecule has 1 aliphatic rings. The first kappa shape index (κ1) is 25.8. The molecule has 4 atom stereocenters. The van der Waals surface area contributed by atoms with Crippen molar-refractivity contribution in [3.63, 3.8) is 0 Å². The minimum atomic E-state index is -1.05. The first-order valence-electron chi connectivity index (χ1n) is 11.9. The summed E-state index contributed by atoms with van der Waals surface area (Å²) >= 11 is 0. The highest BCUT2D eigenvalue weighted by Gasteiger charge is 2.34. The van der Waals surface area contributed by atoms with E-state index in [1.807, 2.05) is 13.0 Å². The number of aliphatic hydroxyl groups excluding tert-OH is 1. The number of nitrogens with zero attached hydrogens (tertiary/aromatic N) is 2. The fraction of sp³-hybridized carbons (Fsp3) is 0.370. The first-order chi connectivity index (χ1) is 17.2. The molecule has 0 aliphatic heterocycles. The molecule has 1 aromatic carbocycles. The van der Waals surface area contributed by atoms with Crippen LogP contribution in [0.1, 0.15) is 54.2 Å². The number of aromatic nitrogens is 2. The predicted octanol–water partition coefficient (Wildman–Crippen LogP) is 4.59. The van der Waals surface area contributed by atoms with Crippen LogP contribution in [0.15, 0.2) is 42.7 Å².